The molecule has 4 heteroatoms. The molecule has 3 aromatic carbocycles. The Hall–Kier alpha value is -3.11. The van der Waals surface area contributed by atoms with Crippen LogP contribution in [0.15, 0.2) is 65.7 Å². The maximum Gasteiger partial charge on any atom is 0.231 e. The molecule has 2 aliphatic heterocycles. The van der Waals surface area contributed by atoms with E-state index in [4.69, 9.17) is 14.5 Å². The van der Waals surface area contributed by atoms with Crippen molar-refractivity contribution in [3.8, 4) is 11.5 Å². The van der Waals surface area contributed by atoms with Crippen LogP contribution >= 0.6 is 0 Å². The third-order valence-electron chi connectivity index (χ3n) is 7.25. The van der Waals surface area contributed by atoms with Gasteiger partial charge in [0.05, 0.1) is 12.1 Å². The average Bonchev–Trinajstić information content (AvgIpc) is 3.34. The van der Waals surface area contributed by atoms with E-state index < -0.39 is 0 Å². The summed E-state index contributed by atoms with van der Waals surface area (Å²) >= 11 is 0. The highest BCUT2D eigenvalue weighted by Gasteiger charge is 2.27. The Balaban J connectivity index is 1.31. The van der Waals surface area contributed by atoms with Gasteiger partial charge in [0.1, 0.15) is 0 Å². The van der Waals surface area contributed by atoms with Gasteiger partial charge in [-0.2, -0.15) is 0 Å². The second-order valence-electron chi connectivity index (χ2n) is 9.50. The first kappa shape index (κ1) is 22.7. The van der Waals surface area contributed by atoms with Gasteiger partial charge in [-0.25, -0.2) is 0 Å². The van der Waals surface area contributed by atoms with E-state index in [1.165, 1.54) is 27.8 Å². The van der Waals surface area contributed by atoms with Crippen LogP contribution in [0, 0.1) is 13.8 Å². The molecule has 2 heterocycles. The molecule has 176 valence electrons. The maximum atomic E-state index is 5.50. The lowest BCUT2D eigenvalue weighted by Gasteiger charge is -2.37. The summed E-state index contributed by atoms with van der Waals surface area (Å²) in [4.78, 5) is 7.56. The minimum absolute atomic E-state index is 0.281. The van der Waals surface area contributed by atoms with E-state index >= 15 is 0 Å². The second-order valence-corrected chi connectivity index (χ2v) is 9.50. The number of likely N-dealkylation sites (tertiary alicyclic amines) is 1. The number of hydrogen-bond donors (Lipinski definition) is 0. The summed E-state index contributed by atoms with van der Waals surface area (Å²) in [5.41, 5.74) is 7.92. The molecule has 1 saturated heterocycles. The monoisotopic (exact) mass is 454 g/mol. The normalized spacial score (nSPS) is 17.4. The molecule has 0 saturated carbocycles. The Morgan fingerprint density at radius 3 is 2.35 bits per heavy atom. The van der Waals surface area contributed by atoms with E-state index in [1.54, 1.807) is 0 Å². The highest BCUT2D eigenvalue weighted by atomic mass is 16.7. The van der Waals surface area contributed by atoms with Crippen molar-refractivity contribution in [2.45, 2.75) is 52.1 Å². The molecule has 0 aliphatic carbocycles. The Kier molecular flexibility index (Phi) is 6.68. The van der Waals surface area contributed by atoms with E-state index in [0.717, 1.165) is 49.4 Å². The predicted octanol–water partition coefficient (Wildman–Crippen LogP) is 6.27. The predicted molar refractivity (Wildman–Crippen MR) is 138 cm³/mol. The Labute approximate surface area is 203 Å². The lowest BCUT2D eigenvalue weighted by atomic mass is 9.91. The number of fused-ring (bicyclic) bond motifs is 1. The number of piperidine rings is 1. The number of nitrogens with zero attached hydrogens (tertiary/aromatic N) is 2. The van der Waals surface area contributed by atoms with Crippen molar-refractivity contribution in [3.63, 3.8) is 0 Å². The summed E-state index contributed by atoms with van der Waals surface area (Å²) in [5.74, 6) is 1.62. The van der Waals surface area contributed by atoms with Gasteiger partial charge in [0.25, 0.3) is 0 Å². The largest absolute Gasteiger partial charge is 0.454 e. The van der Waals surface area contributed by atoms with Gasteiger partial charge in [-0.1, -0.05) is 49.4 Å². The molecule has 34 heavy (non-hydrogen) atoms. The molecule has 1 atom stereocenters. The molecular formula is C30H34N2O2. The minimum Gasteiger partial charge on any atom is -0.454 e. The van der Waals surface area contributed by atoms with Crippen molar-refractivity contribution in [1.29, 1.82) is 0 Å². The van der Waals surface area contributed by atoms with Crippen LogP contribution in [0.4, 0.5) is 0 Å². The smallest absolute Gasteiger partial charge is 0.231 e. The first-order chi connectivity index (χ1) is 16.6. The van der Waals surface area contributed by atoms with Gasteiger partial charge < -0.3 is 9.47 Å². The average molecular weight is 455 g/mol. The van der Waals surface area contributed by atoms with E-state index in [0.29, 0.717) is 12.8 Å². The van der Waals surface area contributed by atoms with Crippen LogP contribution in [0.1, 0.15) is 59.2 Å². The number of rotatable bonds is 6. The number of aryl methyl sites for hydroxylation is 3. The van der Waals surface area contributed by atoms with Gasteiger partial charge in [-0.3, -0.25) is 9.89 Å². The van der Waals surface area contributed by atoms with Crippen LogP contribution in [0.5, 0.6) is 11.5 Å². The molecule has 0 amide bonds. The van der Waals surface area contributed by atoms with Gasteiger partial charge in [0.2, 0.25) is 6.79 Å². The number of aliphatic imine (C=N–C) groups is 1. The quantitative estimate of drug-likeness (QED) is 0.412. The SMILES string of the molecule is CCc1ccc(C(c2ccc(C)c(C)c2)N2CCC(/N=C\c3ccc4c(c3)OCO4)CC2)cc1. The van der Waals surface area contributed by atoms with Gasteiger partial charge in [0, 0.05) is 19.3 Å². The van der Waals surface area contributed by atoms with Gasteiger partial charge in [0.15, 0.2) is 11.5 Å². The highest BCUT2D eigenvalue weighted by molar-refractivity contribution is 5.81. The van der Waals surface area contributed by atoms with E-state index in [2.05, 4.69) is 68.1 Å². The summed E-state index contributed by atoms with van der Waals surface area (Å²) in [6, 6.07) is 22.8. The molecule has 0 spiro atoms. The third-order valence-corrected chi connectivity index (χ3v) is 7.25. The molecule has 0 aromatic heterocycles. The third kappa shape index (κ3) is 4.88. The summed E-state index contributed by atoms with van der Waals surface area (Å²) in [5, 5.41) is 0. The molecule has 2 aliphatic rings. The van der Waals surface area contributed by atoms with E-state index in [9.17, 15) is 0 Å². The molecule has 4 nitrogen and oxygen atoms in total. The first-order valence-corrected chi connectivity index (χ1v) is 12.4. The minimum atomic E-state index is 0.281. The van der Waals surface area contributed by atoms with Crippen LogP contribution in [-0.4, -0.2) is 37.0 Å². The topological polar surface area (TPSA) is 34.1 Å². The Bertz CT molecular complexity index is 1160. The van der Waals surface area contributed by atoms with Gasteiger partial charge >= 0.3 is 0 Å². The standard InChI is InChI=1S/C30H34N2O2/c1-4-23-6-10-25(11-7-23)30(26-9-5-21(2)22(3)17-26)32-15-13-27(14-16-32)31-19-24-8-12-28-29(18-24)34-20-33-28/h5-12,17-19,27,30H,4,13-16,20H2,1-3H3/b31-19-. The molecule has 0 radical (unpaired) electrons. The van der Waals surface area contributed by atoms with Crippen LogP contribution in [0.25, 0.3) is 0 Å². The first-order valence-electron chi connectivity index (χ1n) is 12.4. The fourth-order valence-corrected chi connectivity index (χ4v) is 4.96. The molecule has 3 aromatic rings. The van der Waals surface area contributed by atoms with Crippen LogP contribution in [0.2, 0.25) is 0 Å². The molecule has 0 bridgehead atoms. The second kappa shape index (κ2) is 10.0. The van der Waals surface area contributed by atoms with E-state index in [-0.39, 0.29) is 6.04 Å². The van der Waals surface area contributed by atoms with Crippen molar-refractivity contribution < 1.29 is 9.47 Å². The summed E-state index contributed by atoms with van der Waals surface area (Å²) in [6.45, 7) is 9.00. The number of hydrogen-bond acceptors (Lipinski definition) is 4. The summed E-state index contributed by atoms with van der Waals surface area (Å²) < 4.78 is 10.9. The van der Waals surface area contributed by atoms with Gasteiger partial charge in [-0.15, -0.1) is 0 Å². The molecular weight excluding hydrogens is 420 g/mol. The lowest BCUT2D eigenvalue weighted by Crippen LogP contribution is -2.38. The molecule has 1 unspecified atom stereocenters. The zero-order valence-electron chi connectivity index (χ0n) is 20.5. The lowest BCUT2D eigenvalue weighted by molar-refractivity contribution is 0.174. The van der Waals surface area contributed by atoms with Crippen molar-refractivity contribution in [3.05, 3.63) is 94.0 Å². The number of ether oxygens (including phenoxy) is 2. The maximum absolute atomic E-state index is 5.50. The van der Waals surface area contributed by atoms with Crippen molar-refractivity contribution >= 4 is 6.21 Å². The van der Waals surface area contributed by atoms with Crippen molar-refractivity contribution in [1.82, 2.24) is 4.90 Å². The zero-order chi connectivity index (χ0) is 23.5. The van der Waals surface area contributed by atoms with Crippen molar-refractivity contribution in [2.75, 3.05) is 19.9 Å². The van der Waals surface area contributed by atoms with Crippen LogP contribution < -0.4 is 9.47 Å². The fourth-order valence-electron chi connectivity index (χ4n) is 4.96. The summed E-state index contributed by atoms with van der Waals surface area (Å²) in [6.07, 6.45) is 5.19. The molecule has 0 N–H and O–H groups in total. The van der Waals surface area contributed by atoms with Crippen LogP contribution in [0.3, 0.4) is 0 Å². The Morgan fingerprint density at radius 1 is 0.882 bits per heavy atom. The molecule has 1 fully saturated rings. The van der Waals surface area contributed by atoms with Crippen LogP contribution in [-0.2, 0) is 6.42 Å². The number of benzene rings is 3. The molecule has 5 rings (SSSR count). The summed E-state index contributed by atoms with van der Waals surface area (Å²) in [7, 11) is 0. The van der Waals surface area contributed by atoms with Gasteiger partial charge in [-0.05, 0) is 84.7 Å². The Morgan fingerprint density at radius 2 is 1.62 bits per heavy atom. The zero-order valence-corrected chi connectivity index (χ0v) is 20.5. The van der Waals surface area contributed by atoms with E-state index in [1.807, 2.05) is 24.4 Å². The highest BCUT2D eigenvalue weighted by Crippen LogP contribution is 2.34. The van der Waals surface area contributed by atoms with Crippen molar-refractivity contribution in [2.24, 2.45) is 4.99 Å². The fraction of sp³-hybridized carbons (Fsp3) is 0.367.